The number of benzene rings is 4. The summed E-state index contributed by atoms with van der Waals surface area (Å²) in [5.41, 5.74) is 5.04. The van der Waals surface area contributed by atoms with Gasteiger partial charge in [-0.2, -0.15) is 5.10 Å². The third kappa shape index (κ3) is 5.91. The van der Waals surface area contributed by atoms with Gasteiger partial charge in [0, 0.05) is 0 Å². The first-order chi connectivity index (χ1) is 16.5. The zero-order valence-electron chi connectivity index (χ0n) is 18.4. The van der Waals surface area contributed by atoms with Gasteiger partial charge >= 0.3 is 0 Å². The number of hydrogen-bond donors (Lipinski definition) is 1. The highest BCUT2D eigenvalue weighted by Crippen LogP contribution is 2.34. The molecule has 0 aromatic heterocycles. The van der Waals surface area contributed by atoms with Gasteiger partial charge in [-0.15, -0.1) is 0 Å². The maximum atomic E-state index is 13.0. The molecule has 4 aromatic rings. The molecule has 0 unspecified atom stereocenters. The second-order valence-electron chi connectivity index (χ2n) is 7.56. The summed E-state index contributed by atoms with van der Waals surface area (Å²) >= 11 is 2.19. The van der Waals surface area contributed by atoms with E-state index in [4.69, 9.17) is 9.47 Å². The number of ether oxygens (including phenoxy) is 2. The third-order valence-electron chi connectivity index (χ3n) is 5.18. The number of carbonyl (C=O) groups excluding carboxylic acids is 1. The second kappa shape index (κ2) is 11.1. The van der Waals surface area contributed by atoms with Crippen molar-refractivity contribution in [3.63, 3.8) is 0 Å². The summed E-state index contributed by atoms with van der Waals surface area (Å²) in [6.07, 6.45) is 1.65. The molecule has 0 aliphatic rings. The first kappa shape index (κ1) is 23.7. The number of fused-ring (bicyclic) bond motifs is 1. The van der Waals surface area contributed by atoms with E-state index in [0.717, 1.165) is 20.1 Å². The highest BCUT2D eigenvalue weighted by atomic mass is 127. The molecule has 5 nitrogen and oxygen atoms in total. The first-order valence-electron chi connectivity index (χ1n) is 10.6. The molecule has 4 rings (SSSR count). The highest BCUT2D eigenvalue weighted by molar-refractivity contribution is 14.1. The molecule has 0 fully saturated rings. The van der Waals surface area contributed by atoms with Crippen LogP contribution in [0.15, 0.2) is 84.0 Å². The van der Waals surface area contributed by atoms with Crippen LogP contribution in [-0.4, -0.2) is 19.2 Å². The number of amides is 1. The van der Waals surface area contributed by atoms with Gasteiger partial charge in [0.1, 0.15) is 12.4 Å². The summed E-state index contributed by atoms with van der Waals surface area (Å²) in [6, 6.07) is 23.8. The van der Waals surface area contributed by atoms with Crippen molar-refractivity contribution in [2.24, 2.45) is 5.10 Å². The number of carbonyl (C=O) groups is 1. The van der Waals surface area contributed by atoms with Crippen molar-refractivity contribution in [2.75, 3.05) is 7.11 Å². The van der Waals surface area contributed by atoms with Gasteiger partial charge in [-0.05, 0) is 74.3 Å². The maximum absolute atomic E-state index is 13.0. The Hall–Kier alpha value is -3.46. The van der Waals surface area contributed by atoms with Crippen LogP contribution in [0, 0.1) is 9.39 Å². The molecule has 0 aliphatic carbocycles. The molecule has 0 atom stereocenters. The van der Waals surface area contributed by atoms with E-state index >= 15 is 0 Å². The summed E-state index contributed by atoms with van der Waals surface area (Å²) < 4.78 is 25.5. The average Bonchev–Trinajstić information content (AvgIpc) is 2.84. The Morgan fingerprint density at radius 2 is 1.82 bits per heavy atom. The fourth-order valence-electron chi connectivity index (χ4n) is 3.53. The van der Waals surface area contributed by atoms with Gasteiger partial charge in [0.25, 0.3) is 0 Å². The third-order valence-corrected chi connectivity index (χ3v) is 5.99. The summed E-state index contributed by atoms with van der Waals surface area (Å²) in [4.78, 5) is 12.1. The minimum Gasteiger partial charge on any atom is -0.493 e. The molecule has 0 radical (unpaired) electrons. The van der Waals surface area contributed by atoms with Crippen molar-refractivity contribution in [1.82, 2.24) is 5.43 Å². The number of nitrogens with one attached hydrogen (secondary N) is 1. The maximum Gasteiger partial charge on any atom is 0.244 e. The lowest BCUT2D eigenvalue weighted by molar-refractivity contribution is -0.120. The van der Waals surface area contributed by atoms with Crippen LogP contribution in [0.5, 0.6) is 11.5 Å². The van der Waals surface area contributed by atoms with E-state index in [0.29, 0.717) is 23.7 Å². The van der Waals surface area contributed by atoms with E-state index < -0.39 is 0 Å². The number of halogens is 2. The summed E-state index contributed by atoms with van der Waals surface area (Å²) in [7, 11) is 1.58. The quantitative estimate of drug-likeness (QED) is 0.165. The van der Waals surface area contributed by atoms with E-state index in [9.17, 15) is 9.18 Å². The molecule has 0 heterocycles. The van der Waals surface area contributed by atoms with Crippen molar-refractivity contribution >= 4 is 45.5 Å². The Kier molecular flexibility index (Phi) is 7.74. The van der Waals surface area contributed by atoms with E-state index in [2.05, 4.69) is 57.4 Å². The number of rotatable bonds is 8. The lowest BCUT2D eigenvalue weighted by Gasteiger charge is -2.14. The van der Waals surface area contributed by atoms with Crippen molar-refractivity contribution in [2.45, 2.75) is 13.0 Å². The largest absolute Gasteiger partial charge is 0.493 e. The fraction of sp³-hybridized carbons (Fsp3) is 0.111. The fourth-order valence-corrected chi connectivity index (χ4v) is 4.31. The van der Waals surface area contributed by atoms with Gasteiger partial charge in [-0.1, -0.05) is 54.6 Å². The highest BCUT2D eigenvalue weighted by Gasteiger charge is 2.12. The van der Waals surface area contributed by atoms with Crippen LogP contribution < -0.4 is 14.9 Å². The molecule has 0 bridgehead atoms. The van der Waals surface area contributed by atoms with Crippen molar-refractivity contribution < 1.29 is 18.7 Å². The molecule has 172 valence electrons. The average molecular weight is 568 g/mol. The first-order valence-corrected chi connectivity index (χ1v) is 11.6. The molecular weight excluding hydrogens is 546 g/mol. The van der Waals surface area contributed by atoms with Crippen LogP contribution in [0.2, 0.25) is 0 Å². The molecule has 1 N–H and O–H groups in total. The number of nitrogens with zero attached hydrogens (tertiary/aromatic N) is 1. The molecule has 0 spiro atoms. The Labute approximate surface area is 210 Å². The van der Waals surface area contributed by atoms with Gasteiger partial charge in [0.05, 0.1) is 23.3 Å². The van der Waals surface area contributed by atoms with E-state index in [1.807, 2.05) is 24.3 Å². The molecule has 1 amide bonds. The van der Waals surface area contributed by atoms with Crippen molar-refractivity contribution in [3.05, 3.63) is 105 Å². The number of hydrogen-bond acceptors (Lipinski definition) is 4. The minimum atomic E-state index is -0.338. The summed E-state index contributed by atoms with van der Waals surface area (Å²) in [5.74, 6) is 0.592. The molecule has 0 saturated carbocycles. The smallest absolute Gasteiger partial charge is 0.244 e. The van der Waals surface area contributed by atoms with Gasteiger partial charge in [-0.25, -0.2) is 9.82 Å². The lowest BCUT2D eigenvalue weighted by Crippen LogP contribution is -2.19. The zero-order chi connectivity index (χ0) is 23.9. The van der Waals surface area contributed by atoms with Gasteiger partial charge in [0.2, 0.25) is 5.91 Å². The normalized spacial score (nSPS) is 11.0. The van der Waals surface area contributed by atoms with Crippen LogP contribution in [-0.2, 0) is 17.8 Å². The van der Waals surface area contributed by atoms with Gasteiger partial charge in [0.15, 0.2) is 11.5 Å². The van der Waals surface area contributed by atoms with Crippen LogP contribution in [0.25, 0.3) is 10.8 Å². The van der Waals surface area contributed by atoms with E-state index in [-0.39, 0.29) is 18.1 Å². The molecular formula is C27H22FIN2O3. The Morgan fingerprint density at radius 1 is 1.06 bits per heavy atom. The number of methoxy groups -OCH3 is 1. The Morgan fingerprint density at radius 3 is 2.62 bits per heavy atom. The van der Waals surface area contributed by atoms with Crippen molar-refractivity contribution in [1.29, 1.82) is 0 Å². The summed E-state index contributed by atoms with van der Waals surface area (Å²) in [5, 5.41) is 6.35. The Balaban J connectivity index is 1.43. The SMILES string of the molecule is COc1cc(/C=N/NC(=O)Cc2ccc(F)cc2)cc(I)c1OCc1cccc2ccccc12. The van der Waals surface area contributed by atoms with Crippen LogP contribution in [0.4, 0.5) is 4.39 Å². The van der Waals surface area contributed by atoms with Gasteiger partial charge in [-0.3, -0.25) is 4.79 Å². The topological polar surface area (TPSA) is 59.9 Å². The molecule has 4 aromatic carbocycles. The molecule has 7 heteroatoms. The molecule has 0 saturated heterocycles. The van der Waals surface area contributed by atoms with Crippen LogP contribution in [0.1, 0.15) is 16.7 Å². The minimum absolute atomic E-state index is 0.111. The van der Waals surface area contributed by atoms with Crippen molar-refractivity contribution in [3.8, 4) is 11.5 Å². The molecule has 0 aliphatic heterocycles. The standard InChI is InChI=1S/C27H22FIN2O3/c1-33-25-14-19(16-30-31-26(32)15-18-9-11-22(28)12-10-18)13-24(29)27(25)34-17-21-7-4-6-20-5-2-3-8-23(20)21/h2-14,16H,15,17H2,1H3,(H,31,32)/b30-16+. The predicted octanol–water partition coefficient (Wildman–Crippen LogP) is 5.86. The van der Waals surface area contributed by atoms with Gasteiger partial charge < -0.3 is 9.47 Å². The number of hydrazone groups is 1. The zero-order valence-corrected chi connectivity index (χ0v) is 20.6. The molecule has 34 heavy (non-hydrogen) atoms. The van der Waals surface area contributed by atoms with E-state index in [1.54, 1.807) is 31.5 Å². The van der Waals surface area contributed by atoms with Crippen LogP contribution >= 0.6 is 22.6 Å². The monoisotopic (exact) mass is 568 g/mol. The predicted molar refractivity (Wildman–Crippen MR) is 140 cm³/mol. The second-order valence-corrected chi connectivity index (χ2v) is 8.72. The van der Waals surface area contributed by atoms with Crippen LogP contribution in [0.3, 0.4) is 0 Å². The Bertz CT molecular complexity index is 1330. The van der Waals surface area contributed by atoms with E-state index in [1.165, 1.54) is 17.5 Å². The summed E-state index contributed by atoms with van der Waals surface area (Å²) in [6.45, 7) is 0.403. The lowest BCUT2D eigenvalue weighted by atomic mass is 10.1.